The number of thiazole rings is 1. The second-order valence-electron chi connectivity index (χ2n) is 5.86. The first kappa shape index (κ1) is 19.1. The highest BCUT2D eigenvalue weighted by Crippen LogP contribution is 2.26. The van der Waals surface area contributed by atoms with Gasteiger partial charge in [0.05, 0.1) is 22.0 Å². The van der Waals surface area contributed by atoms with Gasteiger partial charge in [-0.05, 0) is 26.0 Å². The minimum absolute atomic E-state index is 0.0988. The van der Waals surface area contributed by atoms with Gasteiger partial charge in [0, 0.05) is 18.6 Å². The molecule has 0 atom stereocenters. The first-order valence-corrected chi connectivity index (χ1v) is 10.4. The number of carbonyl (C=O) groups excluding carboxylic acids is 1. The van der Waals surface area contributed by atoms with Gasteiger partial charge in [-0.2, -0.15) is 5.10 Å². The Morgan fingerprint density at radius 1 is 1.26 bits per heavy atom. The van der Waals surface area contributed by atoms with Crippen molar-refractivity contribution < 1.29 is 13.2 Å². The van der Waals surface area contributed by atoms with Crippen molar-refractivity contribution in [3.8, 4) is 0 Å². The zero-order valence-electron chi connectivity index (χ0n) is 15.1. The van der Waals surface area contributed by atoms with Crippen LogP contribution in [0.5, 0.6) is 0 Å². The molecular weight excluding hydrogens is 386 g/mol. The van der Waals surface area contributed by atoms with Crippen molar-refractivity contribution in [3.05, 3.63) is 53.3 Å². The Bertz CT molecular complexity index is 1040. The van der Waals surface area contributed by atoms with E-state index in [1.807, 2.05) is 6.92 Å². The van der Waals surface area contributed by atoms with Crippen LogP contribution in [-0.4, -0.2) is 35.6 Å². The van der Waals surface area contributed by atoms with Crippen LogP contribution in [0.25, 0.3) is 0 Å². The molecule has 2 heterocycles. The third-order valence-corrected chi connectivity index (χ3v) is 6.68. The molecule has 1 amide bonds. The zero-order valence-corrected chi connectivity index (χ0v) is 16.7. The number of rotatable bonds is 6. The van der Waals surface area contributed by atoms with E-state index in [1.165, 1.54) is 18.3 Å². The summed E-state index contributed by atoms with van der Waals surface area (Å²) in [4.78, 5) is 16.8. The van der Waals surface area contributed by atoms with Gasteiger partial charge >= 0.3 is 0 Å². The predicted molar refractivity (Wildman–Crippen MR) is 104 cm³/mol. The highest BCUT2D eigenvalue weighted by atomic mass is 32.2. The van der Waals surface area contributed by atoms with Gasteiger partial charge in [0.25, 0.3) is 10.0 Å². The molecule has 0 aliphatic carbocycles. The molecule has 0 aliphatic heterocycles. The minimum atomic E-state index is -3.93. The number of amides is 1. The molecule has 10 heteroatoms. The van der Waals surface area contributed by atoms with E-state index in [0.29, 0.717) is 11.4 Å². The maximum absolute atomic E-state index is 13.1. The van der Waals surface area contributed by atoms with Gasteiger partial charge in [0.1, 0.15) is 6.54 Å². The summed E-state index contributed by atoms with van der Waals surface area (Å²) in [6.07, 6.45) is 1.50. The van der Waals surface area contributed by atoms with Crippen molar-refractivity contribution in [2.75, 3.05) is 16.2 Å². The lowest BCUT2D eigenvalue weighted by molar-refractivity contribution is -0.114. The third kappa shape index (κ3) is 3.86. The molecule has 0 unspecified atom stereocenters. The topological polar surface area (TPSA) is 97.2 Å². The number of nitrogens with zero attached hydrogens (tertiary/aromatic N) is 4. The number of hydrogen-bond donors (Lipinski definition) is 1. The lowest BCUT2D eigenvalue weighted by Gasteiger charge is -2.21. The maximum Gasteiger partial charge on any atom is 0.266 e. The van der Waals surface area contributed by atoms with Crippen LogP contribution < -0.4 is 9.62 Å². The number of hydrogen-bond acceptors (Lipinski definition) is 6. The molecule has 0 spiro atoms. The summed E-state index contributed by atoms with van der Waals surface area (Å²) in [5.41, 5.74) is 2.03. The van der Waals surface area contributed by atoms with Crippen molar-refractivity contribution in [2.24, 2.45) is 7.05 Å². The van der Waals surface area contributed by atoms with Crippen LogP contribution in [0.4, 0.5) is 10.8 Å². The van der Waals surface area contributed by atoms with Crippen LogP contribution in [0, 0.1) is 13.8 Å². The molecule has 0 fully saturated rings. The largest absolute Gasteiger partial charge is 0.321 e. The summed E-state index contributed by atoms with van der Waals surface area (Å²) in [6, 6.07) is 7.98. The summed E-state index contributed by atoms with van der Waals surface area (Å²) in [5, 5.41) is 8.91. The fourth-order valence-corrected chi connectivity index (χ4v) is 4.84. The van der Waals surface area contributed by atoms with E-state index in [0.717, 1.165) is 21.3 Å². The number of nitrogens with one attached hydrogen (secondary N) is 1. The van der Waals surface area contributed by atoms with Gasteiger partial charge in [-0.1, -0.05) is 18.2 Å². The molecule has 2 aromatic heterocycles. The van der Waals surface area contributed by atoms with Gasteiger partial charge in [-0.25, -0.2) is 17.7 Å². The molecule has 27 heavy (non-hydrogen) atoms. The summed E-state index contributed by atoms with van der Waals surface area (Å²) in [6.45, 7) is 3.22. The first-order valence-electron chi connectivity index (χ1n) is 8.08. The van der Waals surface area contributed by atoms with E-state index < -0.39 is 22.5 Å². The Balaban J connectivity index is 1.90. The average molecular weight is 406 g/mol. The summed E-state index contributed by atoms with van der Waals surface area (Å²) in [7, 11) is -2.15. The first-order chi connectivity index (χ1) is 12.8. The molecular formula is C17H19N5O3S2. The number of aromatic nitrogens is 3. The standard InChI is InChI=1S/C17H19N5O3S2/c1-12-16(13(2)21(3)20-12)19-15(23)11-22(17-18-9-10-26-17)27(24,25)14-7-5-4-6-8-14/h4-10H,11H2,1-3H3,(H,19,23). The molecule has 0 saturated carbocycles. The number of anilines is 2. The second-order valence-corrected chi connectivity index (χ2v) is 8.59. The van der Waals surface area contributed by atoms with E-state index >= 15 is 0 Å². The molecule has 0 aliphatic rings. The lowest BCUT2D eigenvalue weighted by Crippen LogP contribution is -2.38. The molecule has 0 radical (unpaired) electrons. The Hall–Kier alpha value is -2.72. The molecule has 8 nitrogen and oxygen atoms in total. The van der Waals surface area contributed by atoms with Crippen LogP contribution >= 0.6 is 11.3 Å². The van der Waals surface area contributed by atoms with E-state index in [9.17, 15) is 13.2 Å². The van der Waals surface area contributed by atoms with E-state index in [2.05, 4.69) is 15.4 Å². The fraction of sp³-hybridized carbons (Fsp3) is 0.235. The van der Waals surface area contributed by atoms with Crippen LogP contribution in [0.1, 0.15) is 11.4 Å². The SMILES string of the molecule is Cc1nn(C)c(C)c1NC(=O)CN(c1nccs1)S(=O)(=O)c1ccccc1. The van der Waals surface area contributed by atoms with Crippen LogP contribution in [-0.2, 0) is 21.9 Å². The highest BCUT2D eigenvalue weighted by molar-refractivity contribution is 7.93. The Morgan fingerprint density at radius 2 is 1.96 bits per heavy atom. The van der Waals surface area contributed by atoms with Crippen LogP contribution in [0.2, 0.25) is 0 Å². The average Bonchev–Trinajstić information content (AvgIpc) is 3.25. The number of benzene rings is 1. The normalized spacial score (nSPS) is 11.4. The van der Waals surface area contributed by atoms with Crippen molar-refractivity contribution in [2.45, 2.75) is 18.7 Å². The summed E-state index contributed by atoms with van der Waals surface area (Å²) < 4.78 is 28.8. The minimum Gasteiger partial charge on any atom is -0.321 e. The Kier molecular flexibility index (Phi) is 5.29. The van der Waals surface area contributed by atoms with Crippen molar-refractivity contribution >= 4 is 38.1 Å². The van der Waals surface area contributed by atoms with Gasteiger partial charge in [0.2, 0.25) is 5.91 Å². The molecule has 0 saturated heterocycles. The number of carbonyl (C=O) groups is 1. The maximum atomic E-state index is 13.1. The molecule has 1 aromatic carbocycles. The molecule has 3 aromatic rings. The van der Waals surface area contributed by atoms with Crippen molar-refractivity contribution in [3.63, 3.8) is 0 Å². The zero-order chi connectivity index (χ0) is 19.6. The lowest BCUT2D eigenvalue weighted by atomic mass is 10.3. The quantitative estimate of drug-likeness (QED) is 0.679. The van der Waals surface area contributed by atoms with Crippen molar-refractivity contribution in [1.29, 1.82) is 0 Å². The van der Waals surface area contributed by atoms with Gasteiger partial charge < -0.3 is 5.32 Å². The summed E-state index contributed by atoms with van der Waals surface area (Å²) >= 11 is 1.15. The van der Waals surface area contributed by atoms with Crippen LogP contribution in [0.15, 0.2) is 46.8 Å². The van der Waals surface area contributed by atoms with Crippen molar-refractivity contribution in [1.82, 2.24) is 14.8 Å². The smallest absolute Gasteiger partial charge is 0.266 e. The summed E-state index contributed by atoms with van der Waals surface area (Å²) in [5.74, 6) is -0.469. The van der Waals surface area contributed by atoms with Crippen LogP contribution in [0.3, 0.4) is 0 Å². The Morgan fingerprint density at radius 3 is 2.52 bits per heavy atom. The van der Waals surface area contributed by atoms with E-state index in [-0.39, 0.29) is 10.0 Å². The van der Waals surface area contributed by atoms with Gasteiger partial charge in [0.15, 0.2) is 5.13 Å². The predicted octanol–water partition coefficient (Wildman–Crippen LogP) is 2.33. The highest BCUT2D eigenvalue weighted by Gasteiger charge is 2.29. The third-order valence-electron chi connectivity index (χ3n) is 4.02. The molecule has 1 N–H and O–H groups in total. The van der Waals surface area contributed by atoms with E-state index in [4.69, 9.17) is 0 Å². The second kappa shape index (κ2) is 7.49. The molecule has 0 bridgehead atoms. The van der Waals surface area contributed by atoms with Gasteiger partial charge in [-0.15, -0.1) is 11.3 Å². The monoisotopic (exact) mass is 405 g/mol. The number of sulfonamides is 1. The van der Waals surface area contributed by atoms with E-state index in [1.54, 1.807) is 42.2 Å². The molecule has 142 valence electrons. The number of aryl methyl sites for hydroxylation is 2. The fourth-order valence-electron chi connectivity index (χ4n) is 2.58. The Labute approximate surface area is 161 Å². The molecule has 3 rings (SSSR count). The van der Waals surface area contributed by atoms with Gasteiger partial charge in [-0.3, -0.25) is 9.48 Å².